The summed E-state index contributed by atoms with van der Waals surface area (Å²) >= 11 is 0. The molecule has 11 nitrogen and oxygen atoms in total. The van der Waals surface area contributed by atoms with Crippen molar-refractivity contribution in [1.82, 2.24) is 9.55 Å². The van der Waals surface area contributed by atoms with E-state index in [9.17, 15) is 14.4 Å². The number of rotatable bonds is 7. The van der Waals surface area contributed by atoms with E-state index in [0.29, 0.717) is 57.2 Å². The number of aromatic nitrogens is 2. The fourth-order valence-corrected chi connectivity index (χ4v) is 4.71. The Labute approximate surface area is 255 Å². The molecule has 4 aromatic rings. The number of benzene rings is 3. The Bertz CT molecular complexity index is 1780. The van der Waals surface area contributed by atoms with Crippen LogP contribution in [0.1, 0.15) is 66.5 Å². The fourth-order valence-electron chi connectivity index (χ4n) is 4.71. The number of aliphatic imine (C=N–C) groups is 1. The van der Waals surface area contributed by atoms with Crippen LogP contribution in [0.2, 0.25) is 0 Å². The van der Waals surface area contributed by atoms with Gasteiger partial charge >= 0.3 is 6.09 Å². The number of hydrogen-bond donors (Lipinski definition) is 2. The molecule has 0 unspecified atom stereocenters. The molecule has 1 aromatic heterocycles. The molecule has 1 aliphatic rings. The van der Waals surface area contributed by atoms with E-state index in [1.165, 1.54) is 18.0 Å². The molecule has 0 aliphatic carbocycles. The number of carbonyl (C=O) groups is 3. The van der Waals surface area contributed by atoms with Crippen LogP contribution in [0.5, 0.6) is 0 Å². The number of nitrogens with zero attached hydrogens (tertiary/aromatic N) is 3. The average molecular weight is 598 g/mol. The highest BCUT2D eigenvalue weighted by Crippen LogP contribution is 2.27. The molecule has 11 heteroatoms. The van der Waals surface area contributed by atoms with Crippen molar-refractivity contribution >= 4 is 46.2 Å². The number of hydrogen-bond acceptors (Lipinski definition) is 8. The first-order valence-corrected chi connectivity index (χ1v) is 14.1. The molecule has 0 radical (unpaired) electrons. The van der Waals surface area contributed by atoms with Crippen molar-refractivity contribution in [2.45, 2.75) is 52.4 Å². The first kappa shape index (κ1) is 30.4. The molecule has 44 heavy (non-hydrogen) atoms. The van der Waals surface area contributed by atoms with Crippen molar-refractivity contribution < 1.29 is 28.6 Å². The molecule has 2 heterocycles. The van der Waals surface area contributed by atoms with Gasteiger partial charge in [-0.3, -0.25) is 9.59 Å². The van der Waals surface area contributed by atoms with Gasteiger partial charge < -0.3 is 24.8 Å². The maximum Gasteiger partial charge on any atom is 0.420 e. The lowest BCUT2D eigenvalue weighted by atomic mass is 10.0. The summed E-state index contributed by atoms with van der Waals surface area (Å²) in [5.74, 6) is -0.311. The van der Waals surface area contributed by atoms with Gasteiger partial charge in [-0.05, 0) is 82.6 Å². The summed E-state index contributed by atoms with van der Waals surface area (Å²) in [6.07, 6.45) is 0.790. The Morgan fingerprint density at radius 3 is 2.41 bits per heavy atom. The van der Waals surface area contributed by atoms with E-state index in [-0.39, 0.29) is 18.1 Å². The lowest BCUT2D eigenvalue weighted by Gasteiger charge is -2.19. The molecule has 3 aromatic carbocycles. The maximum atomic E-state index is 13.5. The molecule has 0 bridgehead atoms. The van der Waals surface area contributed by atoms with Gasteiger partial charge in [-0.2, -0.15) is 0 Å². The highest BCUT2D eigenvalue weighted by Gasteiger charge is 2.28. The smallest absolute Gasteiger partial charge is 0.420 e. The summed E-state index contributed by atoms with van der Waals surface area (Å²) in [6.45, 7) is 9.85. The van der Waals surface area contributed by atoms with Crippen LogP contribution in [0.15, 0.2) is 72.0 Å². The Hall–Kier alpha value is -5.03. The number of anilines is 2. The number of ether oxygens (including phenoxy) is 3. The van der Waals surface area contributed by atoms with E-state index in [1.54, 1.807) is 63.2 Å². The molecular formula is C33H35N5O6. The summed E-state index contributed by atoms with van der Waals surface area (Å²) < 4.78 is 17.9. The minimum Gasteiger partial charge on any atom is -0.475 e. The molecule has 228 valence electrons. The number of para-hydroxylation sites is 2. The van der Waals surface area contributed by atoms with Gasteiger partial charge in [0.1, 0.15) is 24.1 Å². The van der Waals surface area contributed by atoms with Crippen LogP contribution < -0.4 is 10.6 Å². The minimum atomic E-state index is -0.681. The predicted molar refractivity (Wildman–Crippen MR) is 167 cm³/mol. The standard InChI is InChI=1S/C33H35N5O6/c1-32(2,3)44-31(41)38-19-34-27-25(12-9-13-26(27)38)36-29(40)22-15-14-20(16-21(22)17-42-6)28(39)35-24-11-8-7-10-23(24)30-37-33(4,5)18-43-30/h7-16,19H,17-18H2,1-6H3,(H,35,39)(H,36,40). The highest BCUT2D eigenvalue weighted by atomic mass is 16.6. The second kappa shape index (κ2) is 11.9. The Morgan fingerprint density at radius 2 is 1.70 bits per heavy atom. The third kappa shape index (κ3) is 6.63. The lowest BCUT2D eigenvalue weighted by molar-refractivity contribution is 0.0543. The minimum absolute atomic E-state index is 0.0949. The SMILES string of the molecule is COCc1cc(C(=O)Nc2ccccc2C2=NC(C)(C)CO2)ccc1C(=O)Nc1cccc2c1ncn2C(=O)OC(C)(C)C. The van der Waals surface area contributed by atoms with Crippen LogP contribution >= 0.6 is 0 Å². The third-order valence-corrected chi connectivity index (χ3v) is 6.70. The van der Waals surface area contributed by atoms with E-state index in [1.807, 2.05) is 32.0 Å². The van der Waals surface area contributed by atoms with Gasteiger partial charge in [0.25, 0.3) is 11.8 Å². The number of imidazole rings is 1. The van der Waals surface area contributed by atoms with Gasteiger partial charge in [0.05, 0.1) is 34.6 Å². The van der Waals surface area contributed by atoms with Crippen molar-refractivity contribution in [2.75, 3.05) is 24.4 Å². The molecule has 0 saturated carbocycles. The molecule has 5 rings (SSSR count). The monoisotopic (exact) mass is 597 g/mol. The van der Waals surface area contributed by atoms with E-state index >= 15 is 0 Å². The molecule has 2 N–H and O–H groups in total. The van der Waals surface area contributed by atoms with Crippen LogP contribution in [0.3, 0.4) is 0 Å². The van der Waals surface area contributed by atoms with Crippen molar-refractivity contribution in [2.24, 2.45) is 4.99 Å². The van der Waals surface area contributed by atoms with Crippen molar-refractivity contribution in [3.63, 3.8) is 0 Å². The lowest BCUT2D eigenvalue weighted by Crippen LogP contribution is -2.26. The average Bonchev–Trinajstić information content (AvgIpc) is 3.56. The summed E-state index contributed by atoms with van der Waals surface area (Å²) in [4.78, 5) is 48.5. The molecular weight excluding hydrogens is 562 g/mol. The zero-order valence-electron chi connectivity index (χ0n) is 25.6. The van der Waals surface area contributed by atoms with Gasteiger partial charge in [0.15, 0.2) is 0 Å². The molecule has 2 amide bonds. The zero-order chi connectivity index (χ0) is 31.6. The van der Waals surface area contributed by atoms with E-state index in [2.05, 4.69) is 20.6 Å². The molecule has 0 spiro atoms. The van der Waals surface area contributed by atoms with Crippen molar-refractivity contribution in [1.29, 1.82) is 0 Å². The number of methoxy groups -OCH3 is 1. The Morgan fingerprint density at radius 1 is 0.977 bits per heavy atom. The third-order valence-electron chi connectivity index (χ3n) is 6.70. The molecule has 0 saturated heterocycles. The Kier molecular flexibility index (Phi) is 8.25. The molecule has 1 aliphatic heterocycles. The normalized spacial score (nSPS) is 14.1. The van der Waals surface area contributed by atoms with Crippen LogP contribution in [0.25, 0.3) is 11.0 Å². The Balaban J connectivity index is 1.37. The summed E-state index contributed by atoms with van der Waals surface area (Å²) in [5, 5.41) is 5.83. The van der Waals surface area contributed by atoms with Gasteiger partial charge in [0.2, 0.25) is 5.90 Å². The number of carbonyl (C=O) groups excluding carboxylic acids is 3. The quantitative estimate of drug-likeness (QED) is 0.266. The van der Waals surface area contributed by atoms with Gasteiger partial charge in [-0.25, -0.2) is 19.3 Å². The number of fused-ring (bicyclic) bond motifs is 1. The first-order chi connectivity index (χ1) is 20.8. The van der Waals surface area contributed by atoms with Crippen LogP contribution in [0, 0.1) is 0 Å². The number of amides is 2. The zero-order valence-corrected chi connectivity index (χ0v) is 25.6. The van der Waals surface area contributed by atoms with Gasteiger partial charge in [-0.1, -0.05) is 18.2 Å². The molecule has 0 fully saturated rings. The molecule has 0 atom stereocenters. The van der Waals surface area contributed by atoms with Crippen LogP contribution in [-0.2, 0) is 20.8 Å². The predicted octanol–water partition coefficient (Wildman–Crippen LogP) is 6.03. The summed E-state index contributed by atoms with van der Waals surface area (Å²) in [6, 6.07) is 17.2. The largest absolute Gasteiger partial charge is 0.475 e. The summed E-state index contributed by atoms with van der Waals surface area (Å²) in [7, 11) is 1.51. The number of nitrogens with one attached hydrogen (secondary N) is 2. The van der Waals surface area contributed by atoms with Crippen molar-refractivity contribution in [3.05, 3.63) is 89.2 Å². The van der Waals surface area contributed by atoms with Gasteiger partial charge in [-0.15, -0.1) is 0 Å². The van der Waals surface area contributed by atoms with E-state index in [4.69, 9.17) is 14.2 Å². The fraction of sp³-hybridized carbons (Fsp3) is 0.303. The maximum absolute atomic E-state index is 13.5. The second-order valence-corrected chi connectivity index (χ2v) is 12.0. The van der Waals surface area contributed by atoms with Crippen LogP contribution in [-0.4, -0.2) is 58.2 Å². The van der Waals surface area contributed by atoms with E-state index < -0.39 is 17.6 Å². The highest BCUT2D eigenvalue weighted by molar-refractivity contribution is 6.12. The van der Waals surface area contributed by atoms with Crippen molar-refractivity contribution in [3.8, 4) is 0 Å². The van der Waals surface area contributed by atoms with Gasteiger partial charge in [0, 0.05) is 18.2 Å². The second-order valence-electron chi connectivity index (χ2n) is 12.0. The summed E-state index contributed by atoms with van der Waals surface area (Å²) in [5.41, 5.74) is 2.72. The van der Waals surface area contributed by atoms with Crippen LogP contribution in [0.4, 0.5) is 16.2 Å². The first-order valence-electron chi connectivity index (χ1n) is 14.1. The topological polar surface area (TPSA) is 133 Å². The van der Waals surface area contributed by atoms with E-state index in [0.717, 1.165) is 0 Å².